The molecule has 0 saturated heterocycles. The molecule has 3 aromatic heterocycles. The van der Waals surface area contributed by atoms with Crippen molar-refractivity contribution < 1.29 is 13.4 Å². The van der Waals surface area contributed by atoms with Gasteiger partial charge in [0.25, 0.3) is 6.71 Å². The van der Waals surface area contributed by atoms with E-state index in [0.717, 1.165) is 90.0 Å². The highest BCUT2D eigenvalue weighted by Gasteiger charge is 2.50. The molecular formula is C61H40BN7O. The van der Waals surface area contributed by atoms with Crippen LogP contribution in [0.2, 0.25) is 0 Å². The Morgan fingerprint density at radius 2 is 1.03 bits per heavy atom. The van der Waals surface area contributed by atoms with Crippen molar-refractivity contribution in [2.24, 2.45) is 6.98 Å². The minimum atomic E-state index is -2.40. The number of para-hydroxylation sites is 5. The molecule has 0 amide bonds. The van der Waals surface area contributed by atoms with Gasteiger partial charge in [0.2, 0.25) is 6.33 Å². The van der Waals surface area contributed by atoms with Gasteiger partial charge in [-0.15, -0.1) is 0 Å². The fourth-order valence-electron chi connectivity index (χ4n) is 11.5. The zero-order valence-electron chi connectivity index (χ0n) is 40.5. The average Bonchev–Trinajstić information content (AvgIpc) is 4.06. The normalized spacial score (nSPS) is 13.9. The molecule has 8 nitrogen and oxygen atoms in total. The summed E-state index contributed by atoms with van der Waals surface area (Å²) in [5.74, 6) is 1.22. The molecule has 0 atom stereocenters. The summed E-state index contributed by atoms with van der Waals surface area (Å²) in [5, 5.41) is 2.14. The molecule has 0 bridgehead atoms. The van der Waals surface area contributed by atoms with E-state index in [2.05, 4.69) is 177 Å². The van der Waals surface area contributed by atoms with Crippen LogP contribution in [0.4, 0.5) is 51.2 Å². The summed E-state index contributed by atoms with van der Waals surface area (Å²) in [6.45, 7) is -2.49. The van der Waals surface area contributed by atoms with Crippen molar-refractivity contribution in [3.05, 3.63) is 231 Å². The average molecular weight is 901 g/mol. The van der Waals surface area contributed by atoms with Gasteiger partial charge in [0.15, 0.2) is 0 Å². The number of nitrogens with zero attached hydrogens (tertiary/aromatic N) is 7. The lowest BCUT2D eigenvalue weighted by molar-refractivity contribution is -0.649. The molecule has 70 heavy (non-hydrogen) atoms. The molecule has 3 aliphatic heterocycles. The van der Waals surface area contributed by atoms with Crippen LogP contribution in [-0.2, 0) is 6.98 Å². The SMILES string of the molecule is [2H]C([2H])([2H])[n+]1[c-]n(-c2cccc(Oc3cccc(-n4c5cc6c7c(c5c5cccnc54)N(c4ccccc4)c4cccc5c4B7c4c(cccc4N6c4ccccc4)N5c4ccccc4)c3)c2)c2ccccc21. The third-order valence-electron chi connectivity index (χ3n) is 14.2. The van der Waals surface area contributed by atoms with Gasteiger partial charge in [0.1, 0.15) is 17.1 Å². The maximum Gasteiger partial charge on any atom is 0.257 e. The minimum Gasteiger partial charge on any atom is -0.458 e. The van der Waals surface area contributed by atoms with Gasteiger partial charge in [-0.1, -0.05) is 109 Å². The van der Waals surface area contributed by atoms with Crippen LogP contribution in [0.25, 0.3) is 44.3 Å². The lowest BCUT2D eigenvalue weighted by Gasteiger charge is -2.49. The Kier molecular flexibility index (Phi) is 7.59. The van der Waals surface area contributed by atoms with E-state index in [4.69, 9.17) is 13.8 Å². The van der Waals surface area contributed by atoms with Crippen LogP contribution in [-0.4, -0.2) is 20.8 Å². The number of benzene rings is 9. The van der Waals surface area contributed by atoms with Crippen LogP contribution in [0.3, 0.4) is 0 Å². The van der Waals surface area contributed by atoms with Crippen LogP contribution in [0, 0.1) is 6.33 Å². The lowest BCUT2D eigenvalue weighted by atomic mass is 9.31. The first-order valence-corrected chi connectivity index (χ1v) is 23.5. The maximum atomic E-state index is 8.20. The molecule has 0 N–H and O–H groups in total. The first kappa shape index (κ1) is 35.8. The number of ether oxygens (including phenoxy) is 1. The molecular weight excluding hydrogens is 858 g/mol. The summed E-state index contributed by atoms with van der Waals surface area (Å²) < 4.78 is 36.6. The minimum absolute atomic E-state index is 0.0879. The van der Waals surface area contributed by atoms with E-state index in [1.165, 1.54) is 21.0 Å². The van der Waals surface area contributed by atoms with Crippen LogP contribution in [0.1, 0.15) is 4.11 Å². The first-order chi connectivity index (χ1) is 35.9. The number of hydrogen-bond donors (Lipinski definition) is 0. The van der Waals surface area contributed by atoms with Crippen molar-refractivity contribution in [3.8, 4) is 22.9 Å². The molecule has 0 fully saturated rings. The smallest absolute Gasteiger partial charge is 0.257 e. The zero-order valence-corrected chi connectivity index (χ0v) is 37.5. The predicted octanol–water partition coefficient (Wildman–Crippen LogP) is 12.4. The molecule has 0 aliphatic carbocycles. The summed E-state index contributed by atoms with van der Waals surface area (Å²) in [5.41, 5.74) is 18.5. The molecule has 6 heterocycles. The Morgan fingerprint density at radius 1 is 0.486 bits per heavy atom. The van der Waals surface area contributed by atoms with Crippen LogP contribution >= 0.6 is 0 Å². The number of pyridine rings is 1. The van der Waals surface area contributed by atoms with Crippen LogP contribution in [0.15, 0.2) is 225 Å². The third kappa shape index (κ3) is 5.48. The Balaban J connectivity index is 0.971. The quantitative estimate of drug-likeness (QED) is 0.0906. The Hall–Kier alpha value is -9.34. The maximum absolute atomic E-state index is 8.20. The summed E-state index contributed by atoms with van der Waals surface area (Å²) in [7, 11) is 0. The topological polar surface area (TPSA) is 45.6 Å². The Labute approximate surface area is 408 Å². The highest BCUT2D eigenvalue weighted by molar-refractivity contribution is 7.03. The molecule has 328 valence electrons. The molecule has 3 aliphatic rings. The third-order valence-corrected chi connectivity index (χ3v) is 14.2. The number of hydrogen-bond acceptors (Lipinski definition) is 5. The fraction of sp³-hybridized carbons (Fsp3) is 0.0164. The molecule has 15 rings (SSSR count). The van der Waals surface area contributed by atoms with Crippen molar-refractivity contribution in [2.75, 3.05) is 14.7 Å². The molecule has 0 unspecified atom stereocenters. The lowest BCUT2D eigenvalue weighted by Crippen LogP contribution is -2.64. The monoisotopic (exact) mass is 900 g/mol. The molecule has 12 aromatic rings. The van der Waals surface area contributed by atoms with E-state index in [-0.39, 0.29) is 6.71 Å². The van der Waals surface area contributed by atoms with Gasteiger partial charge in [-0.25, -0.2) is 4.98 Å². The predicted molar refractivity (Wildman–Crippen MR) is 284 cm³/mol. The van der Waals surface area contributed by atoms with Crippen molar-refractivity contribution in [3.63, 3.8) is 0 Å². The summed E-state index contributed by atoms with van der Waals surface area (Å²) in [6, 6.07) is 75.7. The number of imidazole rings is 1. The number of rotatable bonds is 7. The van der Waals surface area contributed by atoms with E-state index in [1.54, 1.807) is 10.6 Å². The molecule has 0 radical (unpaired) electrons. The van der Waals surface area contributed by atoms with Crippen molar-refractivity contribution in [1.29, 1.82) is 0 Å². The first-order valence-electron chi connectivity index (χ1n) is 25.0. The van der Waals surface area contributed by atoms with Crippen molar-refractivity contribution >= 4 is 107 Å². The summed E-state index contributed by atoms with van der Waals surface area (Å²) >= 11 is 0. The number of aryl methyl sites for hydroxylation is 1. The van der Waals surface area contributed by atoms with Gasteiger partial charge < -0.3 is 28.6 Å². The molecule has 0 spiro atoms. The molecule has 9 heteroatoms. The van der Waals surface area contributed by atoms with Gasteiger partial charge in [-0.3, -0.25) is 4.57 Å². The van der Waals surface area contributed by atoms with E-state index in [0.29, 0.717) is 17.0 Å². The van der Waals surface area contributed by atoms with Gasteiger partial charge in [0, 0.05) is 68.5 Å². The van der Waals surface area contributed by atoms with E-state index in [9.17, 15) is 0 Å². The second-order valence-corrected chi connectivity index (χ2v) is 18.0. The second-order valence-electron chi connectivity index (χ2n) is 18.0. The second kappa shape index (κ2) is 14.8. The van der Waals surface area contributed by atoms with Gasteiger partial charge >= 0.3 is 0 Å². The zero-order chi connectivity index (χ0) is 48.5. The number of aromatic nitrogens is 4. The fourth-order valence-corrected chi connectivity index (χ4v) is 11.5. The highest BCUT2D eigenvalue weighted by atomic mass is 16.5. The summed E-state index contributed by atoms with van der Waals surface area (Å²) in [6.07, 6.45) is 4.96. The van der Waals surface area contributed by atoms with Crippen LogP contribution < -0.4 is 40.4 Å². The van der Waals surface area contributed by atoms with Crippen LogP contribution in [0.5, 0.6) is 11.5 Å². The Morgan fingerprint density at radius 3 is 1.69 bits per heavy atom. The van der Waals surface area contributed by atoms with Gasteiger partial charge in [0.05, 0.1) is 44.7 Å². The number of anilines is 9. The van der Waals surface area contributed by atoms with E-state index >= 15 is 0 Å². The van der Waals surface area contributed by atoms with Crippen molar-refractivity contribution in [2.45, 2.75) is 0 Å². The summed E-state index contributed by atoms with van der Waals surface area (Å²) in [4.78, 5) is 12.6. The molecule has 9 aromatic carbocycles. The van der Waals surface area contributed by atoms with Gasteiger partial charge in [-0.2, -0.15) is 0 Å². The van der Waals surface area contributed by atoms with E-state index in [1.807, 2.05) is 66.9 Å². The van der Waals surface area contributed by atoms with E-state index < -0.39 is 6.98 Å². The largest absolute Gasteiger partial charge is 0.458 e. The Bertz CT molecular complexity index is 4200. The van der Waals surface area contributed by atoms with Crippen molar-refractivity contribution in [1.82, 2.24) is 14.1 Å². The highest BCUT2D eigenvalue weighted by Crippen LogP contribution is 2.53. The number of fused-ring (bicyclic) bond motifs is 5. The standard InChI is InChI=1S/C61H40BN7O/c1-64-39-65(49-30-12-11-29-48(49)64)43-24-13-26-45(36-43)70-46-27-14-25-44(37-46)69-54-38-55-59-60(56(54)47-28-17-35-63-61(47)69)68(42-22-9-4-10-23-42)53-34-16-32-51-58(53)62(59)57-50(66(51)40-18-5-2-6-19-40)31-15-33-52(57)67(55)41-20-7-3-8-21-41/h2-38H,1H3/i1D3. The van der Waals surface area contributed by atoms with Gasteiger partial charge in [-0.05, 0) is 120 Å². The molecule has 0 saturated carbocycles.